The maximum atomic E-state index is 13.2. The number of hydrogen-bond donors (Lipinski definition) is 1. The molecule has 6 heteroatoms. The second-order valence-electron chi connectivity index (χ2n) is 3.68. The molecule has 1 heterocycles. The molecule has 3 nitrogen and oxygen atoms in total. The normalized spacial score (nSPS) is 12.7. The molecule has 0 saturated carbocycles. The number of aromatic nitrogens is 2. The predicted octanol–water partition coefficient (Wildman–Crippen LogP) is 3.16. The van der Waals surface area contributed by atoms with Gasteiger partial charge in [-0.15, -0.1) is 0 Å². The van der Waals surface area contributed by atoms with Crippen molar-refractivity contribution in [2.75, 3.05) is 0 Å². The first-order chi connectivity index (χ1) is 8.06. The Balaban J connectivity index is 2.32. The first kappa shape index (κ1) is 12.5. The van der Waals surface area contributed by atoms with E-state index in [9.17, 15) is 4.39 Å². The van der Waals surface area contributed by atoms with Crippen molar-refractivity contribution in [2.45, 2.75) is 29.1 Å². The molecule has 0 saturated heterocycles. The maximum absolute atomic E-state index is 13.2. The lowest BCUT2D eigenvalue weighted by atomic mass is 10.1. The minimum atomic E-state index is -0.268. The van der Waals surface area contributed by atoms with E-state index in [1.54, 1.807) is 6.07 Å². The van der Waals surface area contributed by atoms with Crippen molar-refractivity contribution < 1.29 is 4.39 Å². The number of aryl methyl sites for hydroxylation is 1. The van der Waals surface area contributed by atoms with Gasteiger partial charge in [0.2, 0.25) is 0 Å². The Hall–Kier alpha value is -0.980. The molecule has 2 N–H and O–H groups in total. The third-order valence-corrected chi connectivity index (χ3v) is 4.10. The first-order valence-corrected chi connectivity index (χ1v) is 6.68. The van der Waals surface area contributed by atoms with Gasteiger partial charge in [0.15, 0.2) is 4.34 Å². The van der Waals surface area contributed by atoms with Gasteiger partial charge < -0.3 is 5.73 Å². The van der Waals surface area contributed by atoms with E-state index >= 15 is 0 Å². The van der Waals surface area contributed by atoms with E-state index in [2.05, 4.69) is 9.36 Å². The predicted molar refractivity (Wildman–Crippen MR) is 67.8 cm³/mol. The number of hydrogen-bond acceptors (Lipinski definition) is 5. The second kappa shape index (κ2) is 5.12. The highest BCUT2D eigenvalue weighted by Gasteiger charge is 2.11. The van der Waals surface area contributed by atoms with Crippen LogP contribution in [-0.4, -0.2) is 9.36 Å². The summed E-state index contributed by atoms with van der Waals surface area (Å²) in [7, 11) is 0. The fraction of sp³-hybridized carbons (Fsp3) is 0.273. The van der Waals surface area contributed by atoms with Crippen LogP contribution in [0.1, 0.15) is 24.4 Å². The highest BCUT2D eigenvalue weighted by molar-refractivity contribution is 8.01. The average Bonchev–Trinajstić information content (AvgIpc) is 2.66. The van der Waals surface area contributed by atoms with E-state index in [1.807, 2.05) is 13.8 Å². The molecular weight excluding hydrogens is 257 g/mol. The Labute approximate surface area is 107 Å². The molecule has 1 unspecified atom stereocenters. The Morgan fingerprint density at radius 2 is 2.24 bits per heavy atom. The fourth-order valence-corrected chi connectivity index (χ4v) is 3.20. The van der Waals surface area contributed by atoms with Crippen LogP contribution in [-0.2, 0) is 0 Å². The van der Waals surface area contributed by atoms with E-state index in [-0.39, 0.29) is 11.9 Å². The molecule has 0 radical (unpaired) electrons. The molecule has 0 amide bonds. The lowest BCUT2D eigenvalue weighted by Crippen LogP contribution is -2.06. The zero-order valence-corrected chi connectivity index (χ0v) is 11.1. The van der Waals surface area contributed by atoms with Gasteiger partial charge in [0.05, 0.1) is 0 Å². The van der Waals surface area contributed by atoms with Gasteiger partial charge in [-0.3, -0.25) is 0 Å². The third-order valence-electron chi connectivity index (χ3n) is 2.17. The number of rotatable bonds is 3. The smallest absolute Gasteiger partial charge is 0.174 e. The minimum Gasteiger partial charge on any atom is -0.324 e. The van der Waals surface area contributed by atoms with E-state index in [4.69, 9.17) is 5.73 Å². The fourth-order valence-electron chi connectivity index (χ4n) is 1.38. The van der Waals surface area contributed by atoms with Gasteiger partial charge in [0.25, 0.3) is 0 Å². The third kappa shape index (κ3) is 3.02. The molecule has 2 rings (SSSR count). The molecule has 2 aromatic rings. The molecule has 0 spiro atoms. The van der Waals surface area contributed by atoms with Crippen LogP contribution in [0, 0.1) is 12.7 Å². The van der Waals surface area contributed by atoms with Crippen molar-refractivity contribution in [3.05, 3.63) is 35.4 Å². The standard InChI is InChI=1S/C11H12FN3S2/c1-6(13)9-5-8(12)3-4-10(9)16-11-14-7(2)15-17-11/h3-6H,13H2,1-2H3. The van der Waals surface area contributed by atoms with E-state index in [1.165, 1.54) is 35.4 Å². The lowest BCUT2D eigenvalue weighted by Gasteiger charge is -2.10. The largest absolute Gasteiger partial charge is 0.324 e. The SMILES string of the molecule is Cc1nsc(Sc2ccc(F)cc2C(C)N)n1. The molecule has 1 aromatic heterocycles. The van der Waals surface area contributed by atoms with Crippen LogP contribution >= 0.6 is 23.3 Å². The van der Waals surface area contributed by atoms with Gasteiger partial charge in [-0.1, -0.05) is 11.8 Å². The monoisotopic (exact) mass is 269 g/mol. The Kier molecular flexibility index (Phi) is 3.76. The molecule has 90 valence electrons. The van der Waals surface area contributed by atoms with Crippen LogP contribution in [0.2, 0.25) is 0 Å². The van der Waals surface area contributed by atoms with Gasteiger partial charge >= 0.3 is 0 Å². The first-order valence-electron chi connectivity index (χ1n) is 5.09. The summed E-state index contributed by atoms with van der Waals surface area (Å²) < 4.78 is 18.1. The molecule has 0 aliphatic heterocycles. The maximum Gasteiger partial charge on any atom is 0.174 e. The Bertz CT molecular complexity index is 525. The lowest BCUT2D eigenvalue weighted by molar-refractivity contribution is 0.619. The zero-order valence-electron chi connectivity index (χ0n) is 9.48. The van der Waals surface area contributed by atoms with E-state index in [0.717, 1.165) is 20.6 Å². The van der Waals surface area contributed by atoms with Crippen molar-refractivity contribution in [3.8, 4) is 0 Å². The van der Waals surface area contributed by atoms with Crippen molar-refractivity contribution in [1.82, 2.24) is 9.36 Å². The van der Waals surface area contributed by atoms with Gasteiger partial charge in [-0.25, -0.2) is 9.37 Å². The second-order valence-corrected chi connectivity index (χ2v) is 5.72. The van der Waals surface area contributed by atoms with Crippen LogP contribution in [0.15, 0.2) is 27.4 Å². The minimum absolute atomic E-state index is 0.206. The van der Waals surface area contributed by atoms with Crippen molar-refractivity contribution in [1.29, 1.82) is 0 Å². The average molecular weight is 269 g/mol. The van der Waals surface area contributed by atoms with Crippen molar-refractivity contribution in [3.63, 3.8) is 0 Å². The number of benzene rings is 1. The summed E-state index contributed by atoms with van der Waals surface area (Å²) in [5, 5.41) is 0. The van der Waals surface area contributed by atoms with Gasteiger partial charge in [0, 0.05) is 10.9 Å². The summed E-state index contributed by atoms with van der Waals surface area (Å²) in [5.41, 5.74) is 6.62. The number of nitrogens with zero attached hydrogens (tertiary/aromatic N) is 2. The van der Waals surface area contributed by atoms with Crippen molar-refractivity contribution in [2.24, 2.45) is 5.73 Å². The molecule has 0 bridgehead atoms. The highest BCUT2D eigenvalue weighted by atomic mass is 32.2. The topological polar surface area (TPSA) is 51.8 Å². The van der Waals surface area contributed by atoms with Crippen LogP contribution in [0.4, 0.5) is 4.39 Å². The zero-order chi connectivity index (χ0) is 12.4. The van der Waals surface area contributed by atoms with Gasteiger partial charge in [0.1, 0.15) is 11.6 Å². The molecular formula is C11H12FN3S2. The summed E-state index contributed by atoms with van der Waals surface area (Å²) in [5.74, 6) is 0.483. The summed E-state index contributed by atoms with van der Waals surface area (Å²) >= 11 is 2.81. The van der Waals surface area contributed by atoms with Gasteiger partial charge in [-0.05, 0) is 49.1 Å². The summed E-state index contributed by atoms with van der Waals surface area (Å²) in [6.45, 7) is 3.68. The van der Waals surface area contributed by atoms with Crippen molar-refractivity contribution >= 4 is 23.3 Å². The number of halogens is 1. The molecule has 1 aromatic carbocycles. The number of nitrogens with two attached hydrogens (primary N) is 1. The summed E-state index contributed by atoms with van der Waals surface area (Å²) in [6, 6.07) is 4.43. The quantitative estimate of drug-likeness (QED) is 0.930. The highest BCUT2D eigenvalue weighted by Crippen LogP contribution is 2.33. The van der Waals surface area contributed by atoms with E-state index in [0.29, 0.717) is 0 Å². The molecule has 1 atom stereocenters. The van der Waals surface area contributed by atoms with Crippen LogP contribution in [0.5, 0.6) is 0 Å². The Morgan fingerprint density at radius 3 is 2.82 bits per heavy atom. The Morgan fingerprint density at radius 1 is 1.47 bits per heavy atom. The molecule has 0 fully saturated rings. The van der Waals surface area contributed by atoms with E-state index < -0.39 is 0 Å². The summed E-state index contributed by atoms with van der Waals surface area (Å²) in [6.07, 6.45) is 0. The van der Waals surface area contributed by atoms with Gasteiger partial charge in [-0.2, -0.15) is 4.37 Å². The molecule has 17 heavy (non-hydrogen) atoms. The van der Waals surface area contributed by atoms with Crippen LogP contribution < -0.4 is 5.73 Å². The summed E-state index contributed by atoms with van der Waals surface area (Å²) in [4.78, 5) is 5.19. The molecule has 0 aliphatic carbocycles. The van der Waals surface area contributed by atoms with Crippen LogP contribution in [0.25, 0.3) is 0 Å². The van der Waals surface area contributed by atoms with Crippen LogP contribution in [0.3, 0.4) is 0 Å². The molecule has 0 aliphatic rings.